The molecule has 1 atom stereocenters. The third-order valence-corrected chi connectivity index (χ3v) is 1.80. The van der Waals surface area contributed by atoms with Crippen molar-refractivity contribution in [3.63, 3.8) is 0 Å². The molecular formula is C9H7NO3. The van der Waals surface area contributed by atoms with Gasteiger partial charge >= 0.3 is 5.97 Å². The molecule has 1 heterocycles. The van der Waals surface area contributed by atoms with Crippen LogP contribution in [0.5, 0.6) is 5.75 Å². The molecule has 0 fully saturated rings. The Labute approximate surface area is 74.5 Å². The largest absolute Gasteiger partial charge is 0.422 e. The summed E-state index contributed by atoms with van der Waals surface area (Å²) < 4.78 is 4.90. The molecule has 1 unspecified atom stereocenters. The predicted octanol–water partition coefficient (Wildman–Crippen LogP) is 0.585. The van der Waals surface area contributed by atoms with Crippen LogP contribution in [0.25, 0.3) is 0 Å². The van der Waals surface area contributed by atoms with Gasteiger partial charge in [0.05, 0.1) is 5.69 Å². The van der Waals surface area contributed by atoms with E-state index in [1.54, 1.807) is 24.3 Å². The van der Waals surface area contributed by atoms with Crippen LogP contribution < -0.4 is 10.1 Å². The molecule has 0 radical (unpaired) electrons. The van der Waals surface area contributed by atoms with Crippen LogP contribution >= 0.6 is 0 Å². The highest BCUT2D eigenvalue weighted by molar-refractivity contribution is 5.99. The van der Waals surface area contributed by atoms with Gasteiger partial charge in [0.15, 0.2) is 18.1 Å². The zero-order chi connectivity index (χ0) is 9.26. The lowest BCUT2D eigenvalue weighted by molar-refractivity contribution is -0.137. The van der Waals surface area contributed by atoms with E-state index in [0.717, 1.165) is 0 Å². The van der Waals surface area contributed by atoms with Crippen molar-refractivity contribution in [2.75, 3.05) is 5.32 Å². The van der Waals surface area contributed by atoms with Crippen LogP contribution in [0.15, 0.2) is 24.3 Å². The molecule has 1 aliphatic heterocycles. The van der Waals surface area contributed by atoms with Crippen molar-refractivity contribution in [2.45, 2.75) is 6.04 Å². The summed E-state index contributed by atoms with van der Waals surface area (Å²) in [4.78, 5) is 21.5. The zero-order valence-electron chi connectivity index (χ0n) is 6.69. The second-order valence-corrected chi connectivity index (χ2v) is 2.68. The van der Waals surface area contributed by atoms with Crippen molar-refractivity contribution in [3.8, 4) is 5.75 Å². The first-order valence-electron chi connectivity index (χ1n) is 3.84. The van der Waals surface area contributed by atoms with Gasteiger partial charge in [-0.15, -0.1) is 0 Å². The van der Waals surface area contributed by atoms with E-state index < -0.39 is 12.0 Å². The molecule has 0 aromatic heterocycles. The fraction of sp³-hybridized carbons (Fsp3) is 0.111. The standard InChI is InChI=1S/C9H7NO3/c11-5-7-9(12)13-8-4-2-1-3-6(8)10-7/h1-5,7,10H. The van der Waals surface area contributed by atoms with Crippen molar-refractivity contribution in [1.82, 2.24) is 0 Å². The lowest BCUT2D eigenvalue weighted by Crippen LogP contribution is -2.38. The van der Waals surface area contributed by atoms with Gasteiger partial charge in [-0.1, -0.05) is 12.1 Å². The van der Waals surface area contributed by atoms with Crippen molar-refractivity contribution >= 4 is 17.9 Å². The van der Waals surface area contributed by atoms with E-state index in [1.807, 2.05) is 0 Å². The molecule has 1 aromatic rings. The molecule has 4 heteroatoms. The number of fused-ring (bicyclic) bond motifs is 1. The normalized spacial score (nSPS) is 19.7. The van der Waals surface area contributed by atoms with E-state index in [1.165, 1.54) is 0 Å². The van der Waals surface area contributed by atoms with E-state index in [2.05, 4.69) is 5.32 Å². The molecule has 2 rings (SSSR count). The SMILES string of the molecule is O=CC1Nc2ccccc2OC1=O. The molecule has 0 amide bonds. The second kappa shape index (κ2) is 2.90. The monoisotopic (exact) mass is 177 g/mol. The topological polar surface area (TPSA) is 55.4 Å². The van der Waals surface area contributed by atoms with E-state index in [0.29, 0.717) is 17.7 Å². The molecule has 0 bridgehead atoms. The van der Waals surface area contributed by atoms with Crippen molar-refractivity contribution < 1.29 is 14.3 Å². The number of aldehydes is 1. The number of para-hydroxylation sites is 2. The van der Waals surface area contributed by atoms with Crippen LogP contribution in [0.1, 0.15) is 0 Å². The minimum atomic E-state index is -0.880. The van der Waals surface area contributed by atoms with Crippen LogP contribution in [0.2, 0.25) is 0 Å². The van der Waals surface area contributed by atoms with Gasteiger partial charge in [0.25, 0.3) is 0 Å². The summed E-state index contributed by atoms with van der Waals surface area (Å²) in [5, 5.41) is 2.75. The number of ether oxygens (including phenoxy) is 1. The van der Waals surface area contributed by atoms with E-state index >= 15 is 0 Å². The second-order valence-electron chi connectivity index (χ2n) is 2.68. The first-order valence-corrected chi connectivity index (χ1v) is 3.84. The number of hydrogen-bond donors (Lipinski definition) is 1. The Morgan fingerprint density at radius 2 is 2.15 bits per heavy atom. The molecule has 0 saturated carbocycles. The predicted molar refractivity (Wildman–Crippen MR) is 45.6 cm³/mol. The molecule has 13 heavy (non-hydrogen) atoms. The number of benzene rings is 1. The maximum absolute atomic E-state index is 11.1. The van der Waals surface area contributed by atoms with Gasteiger partial charge in [0, 0.05) is 0 Å². The number of esters is 1. The van der Waals surface area contributed by atoms with E-state index in [4.69, 9.17) is 4.74 Å². The van der Waals surface area contributed by atoms with Gasteiger partial charge in [-0.25, -0.2) is 4.79 Å². The summed E-state index contributed by atoms with van der Waals surface area (Å²) in [6.45, 7) is 0. The summed E-state index contributed by atoms with van der Waals surface area (Å²) in [6, 6.07) is 6.09. The first-order chi connectivity index (χ1) is 6.31. The summed E-state index contributed by atoms with van der Waals surface area (Å²) in [6.07, 6.45) is 0.526. The fourth-order valence-corrected chi connectivity index (χ4v) is 1.16. The average molecular weight is 177 g/mol. The molecule has 0 saturated heterocycles. The van der Waals surface area contributed by atoms with Crippen molar-refractivity contribution in [3.05, 3.63) is 24.3 Å². The number of carbonyl (C=O) groups excluding carboxylic acids is 2. The quantitative estimate of drug-likeness (QED) is 0.295. The van der Waals surface area contributed by atoms with Gasteiger partial charge in [-0.3, -0.25) is 0 Å². The summed E-state index contributed by atoms with van der Waals surface area (Å²) in [7, 11) is 0. The molecule has 1 aliphatic rings. The molecule has 1 aromatic carbocycles. The Morgan fingerprint density at radius 1 is 1.38 bits per heavy atom. The van der Waals surface area contributed by atoms with Crippen LogP contribution in [-0.4, -0.2) is 18.3 Å². The maximum atomic E-state index is 11.1. The van der Waals surface area contributed by atoms with Gasteiger partial charge in [-0.05, 0) is 12.1 Å². The minimum Gasteiger partial charge on any atom is -0.422 e. The molecule has 1 N–H and O–H groups in total. The number of nitrogens with one attached hydrogen (secondary N) is 1. The zero-order valence-corrected chi connectivity index (χ0v) is 6.69. The van der Waals surface area contributed by atoms with E-state index in [9.17, 15) is 9.59 Å². The summed E-state index contributed by atoms with van der Waals surface area (Å²) >= 11 is 0. The Kier molecular flexibility index (Phi) is 1.73. The Morgan fingerprint density at radius 3 is 2.92 bits per heavy atom. The van der Waals surface area contributed by atoms with Gasteiger partial charge in [0.1, 0.15) is 0 Å². The smallest absolute Gasteiger partial charge is 0.341 e. The fourth-order valence-electron chi connectivity index (χ4n) is 1.16. The average Bonchev–Trinajstić information content (AvgIpc) is 2.17. The highest BCUT2D eigenvalue weighted by Crippen LogP contribution is 2.27. The third-order valence-electron chi connectivity index (χ3n) is 1.80. The molecule has 0 aliphatic carbocycles. The Bertz CT molecular complexity index is 362. The highest BCUT2D eigenvalue weighted by atomic mass is 16.5. The lowest BCUT2D eigenvalue weighted by atomic mass is 10.2. The number of rotatable bonds is 1. The van der Waals surface area contributed by atoms with Crippen LogP contribution in [0.3, 0.4) is 0 Å². The number of hydrogen-bond acceptors (Lipinski definition) is 4. The van der Waals surface area contributed by atoms with Crippen LogP contribution in [-0.2, 0) is 9.59 Å². The molecule has 66 valence electrons. The Hall–Kier alpha value is -1.84. The van der Waals surface area contributed by atoms with Crippen molar-refractivity contribution in [1.29, 1.82) is 0 Å². The van der Waals surface area contributed by atoms with Gasteiger partial charge in [0.2, 0.25) is 0 Å². The van der Waals surface area contributed by atoms with Gasteiger partial charge < -0.3 is 14.8 Å². The van der Waals surface area contributed by atoms with Gasteiger partial charge in [-0.2, -0.15) is 0 Å². The lowest BCUT2D eigenvalue weighted by Gasteiger charge is -2.21. The van der Waals surface area contributed by atoms with Crippen molar-refractivity contribution in [2.24, 2.45) is 0 Å². The van der Waals surface area contributed by atoms with Crippen LogP contribution in [0, 0.1) is 0 Å². The molecule has 4 nitrogen and oxygen atoms in total. The first kappa shape index (κ1) is 7.79. The van der Waals surface area contributed by atoms with Crippen LogP contribution in [0.4, 0.5) is 5.69 Å². The molecule has 0 spiro atoms. The minimum absolute atomic E-state index is 0.464. The van der Waals surface area contributed by atoms with E-state index in [-0.39, 0.29) is 0 Å². The summed E-state index contributed by atoms with van der Waals surface area (Å²) in [5.41, 5.74) is 0.666. The highest BCUT2D eigenvalue weighted by Gasteiger charge is 2.26. The summed E-state index contributed by atoms with van der Waals surface area (Å²) in [5.74, 6) is -0.0979. The molecular weight excluding hydrogens is 170 g/mol. The number of carbonyl (C=O) groups is 2. The number of anilines is 1. The third kappa shape index (κ3) is 1.26. The Balaban J connectivity index is 2.38. The maximum Gasteiger partial charge on any atom is 0.341 e.